The highest BCUT2D eigenvalue weighted by atomic mass is 35.5. The van der Waals surface area contributed by atoms with Crippen LogP contribution in [-0.2, 0) is 14.4 Å². The number of carbonyl (C=O) groups is 3. The van der Waals surface area contributed by atoms with Gasteiger partial charge in [0, 0.05) is 17.2 Å². The topological polar surface area (TPSA) is 95.5 Å². The van der Waals surface area contributed by atoms with Crippen molar-refractivity contribution < 1.29 is 19.5 Å². The lowest BCUT2D eigenvalue weighted by Gasteiger charge is -2.25. The quantitative estimate of drug-likeness (QED) is 0.761. The van der Waals surface area contributed by atoms with E-state index in [1.54, 1.807) is 12.1 Å². The molecule has 0 spiro atoms. The first-order valence-electron chi connectivity index (χ1n) is 6.26. The van der Waals surface area contributed by atoms with Crippen LogP contribution in [0.5, 0.6) is 0 Å². The van der Waals surface area contributed by atoms with Crippen LogP contribution in [0.3, 0.4) is 0 Å². The number of nitrogens with one attached hydrogen (secondary N) is 2. The molecule has 0 saturated carbocycles. The van der Waals surface area contributed by atoms with E-state index in [2.05, 4.69) is 10.6 Å². The molecule has 6 nitrogen and oxygen atoms in total. The van der Waals surface area contributed by atoms with Crippen LogP contribution in [0.15, 0.2) is 18.2 Å². The summed E-state index contributed by atoms with van der Waals surface area (Å²) in [5.74, 6) is -1.73. The van der Waals surface area contributed by atoms with Crippen molar-refractivity contribution in [2.45, 2.75) is 17.7 Å². The van der Waals surface area contributed by atoms with Gasteiger partial charge in [-0.2, -0.15) is 0 Å². The molecule has 22 heavy (non-hydrogen) atoms. The molecule has 1 aliphatic rings. The fraction of sp³-hybridized carbons (Fsp3) is 0.308. The van der Waals surface area contributed by atoms with Gasteiger partial charge in [-0.25, -0.2) is 4.79 Å². The third-order valence-electron chi connectivity index (χ3n) is 2.94. The molecule has 0 aliphatic carbocycles. The average molecular weight is 363 g/mol. The maximum Gasteiger partial charge on any atom is 0.327 e. The molecule has 1 heterocycles. The summed E-state index contributed by atoms with van der Waals surface area (Å²) in [6.45, 7) is 0. The minimum absolute atomic E-state index is 0.0777. The van der Waals surface area contributed by atoms with E-state index in [-0.39, 0.29) is 12.2 Å². The fourth-order valence-corrected chi connectivity index (χ4v) is 3.32. The van der Waals surface area contributed by atoms with Crippen LogP contribution in [0.25, 0.3) is 0 Å². The maximum absolute atomic E-state index is 12.0. The first kappa shape index (κ1) is 16.9. The highest BCUT2D eigenvalue weighted by Gasteiger charge is 2.33. The minimum atomic E-state index is -1.09. The number of thioether (sulfide) groups is 1. The molecule has 2 atom stereocenters. The average Bonchev–Trinajstić information content (AvgIpc) is 2.45. The van der Waals surface area contributed by atoms with Crippen molar-refractivity contribution in [1.29, 1.82) is 0 Å². The van der Waals surface area contributed by atoms with Gasteiger partial charge < -0.3 is 15.7 Å². The fourth-order valence-electron chi connectivity index (χ4n) is 1.84. The maximum atomic E-state index is 12.0. The van der Waals surface area contributed by atoms with Crippen molar-refractivity contribution in [3.8, 4) is 0 Å². The predicted octanol–water partition coefficient (Wildman–Crippen LogP) is 2.01. The molecule has 0 unspecified atom stereocenters. The van der Waals surface area contributed by atoms with E-state index in [0.29, 0.717) is 15.7 Å². The second kappa shape index (κ2) is 7.21. The van der Waals surface area contributed by atoms with Crippen LogP contribution >= 0.6 is 35.0 Å². The molecule has 0 radical (unpaired) electrons. The largest absolute Gasteiger partial charge is 0.480 e. The summed E-state index contributed by atoms with van der Waals surface area (Å²) < 4.78 is 0. The monoisotopic (exact) mass is 362 g/mol. The molecule has 0 bridgehead atoms. The van der Waals surface area contributed by atoms with Crippen molar-refractivity contribution in [3.63, 3.8) is 0 Å². The molecule has 1 aromatic rings. The van der Waals surface area contributed by atoms with Crippen LogP contribution in [-0.4, -0.2) is 39.9 Å². The smallest absolute Gasteiger partial charge is 0.327 e. The highest BCUT2D eigenvalue weighted by molar-refractivity contribution is 8.00. The number of carbonyl (C=O) groups excluding carboxylic acids is 2. The summed E-state index contributed by atoms with van der Waals surface area (Å²) in [4.78, 5) is 34.6. The first-order chi connectivity index (χ1) is 10.4. The van der Waals surface area contributed by atoms with Gasteiger partial charge in [0.2, 0.25) is 11.8 Å². The van der Waals surface area contributed by atoms with E-state index >= 15 is 0 Å². The molecule has 2 rings (SSSR count). The Bertz CT molecular complexity index is 626. The van der Waals surface area contributed by atoms with Gasteiger partial charge in [0.15, 0.2) is 0 Å². The molecule has 2 amide bonds. The molecular formula is C13H12Cl2N2O4S. The number of rotatable bonds is 4. The van der Waals surface area contributed by atoms with E-state index in [1.165, 1.54) is 6.07 Å². The first-order valence-corrected chi connectivity index (χ1v) is 8.07. The number of aliphatic carboxylic acids is 1. The van der Waals surface area contributed by atoms with Gasteiger partial charge in [-0.15, -0.1) is 11.8 Å². The number of carboxylic acid groups (broad SMARTS) is 1. The highest BCUT2D eigenvalue weighted by Crippen LogP contribution is 2.27. The Balaban J connectivity index is 1.94. The van der Waals surface area contributed by atoms with E-state index in [1.807, 2.05) is 0 Å². The summed E-state index contributed by atoms with van der Waals surface area (Å²) in [5, 5.41) is 13.9. The lowest BCUT2D eigenvalue weighted by Crippen LogP contribution is -2.51. The number of halogens is 2. The SMILES string of the molecule is O=C(C[C@@H]1SC[C@H](C(=O)O)NC1=O)Nc1cc(Cl)ccc1Cl. The molecule has 1 fully saturated rings. The number of benzene rings is 1. The van der Waals surface area contributed by atoms with E-state index in [4.69, 9.17) is 28.3 Å². The van der Waals surface area contributed by atoms with Gasteiger partial charge >= 0.3 is 5.97 Å². The van der Waals surface area contributed by atoms with Crippen molar-refractivity contribution in [1.82, 2.24) is 5.32 Å². The van der Waals surface area contributed by atoms with Crippen LogP contribution in [0.1, 0.15) is 6.42 Å². The Morgan fingerprint density at radius 2 is 2.14 bits per heavy atom. The minimum Gasteiger partial charge on any atom is -0.480 e. The second-order valence-corrected chi connectivity index (χ2v) is 6.68. The van der Waals surface area contributed by atoms with Gasteiger partial charge in [-0.3, -0.25) is 9.59 Å². The molecular weight excluding hydrogens is 351 g/mol. The summed E-state index contributed by atoms with van der Waals surface area (Å²) in [5.41, 5.74) is 0.365. The van der Waals surface area contributed by atoms with E-state index < -0.39 is 29.1 Å². The summed E-state index contributed by atoms with van der Waals surface area (Å²) in [7, 11) is 0. The number of amides is 2. The Kier molecular flexibility index (Phi) is 5.55. The Labute approximate surface area is 140 Å². The summed E-state index contributed by atoms with van der Waals surface area (Å²) >= 11 is 12.9. The molecule has 118 valence electrons. The zero-order chi connectivity index (χ0) is 16.3. The lowest BCUT2D eigenvalue weighted by atomic mass is 10.2. The Hall–Kier alpha value is -1.44. The van der Waals surface area contributed by atoms with Gasteiger partial charge in [0.05, 0.1) is 16.0 Å². The predicted molar refractivity (Wildman–Crippen MR) is 85.5 cm³/mol. The zero-order valence-electron chi connectivity index (χ0n) is 11.1. The van der Waals surface area contributed by atoms with Gasteiger partial charge in [0.1, 0.15) is 6.04 Å². The van der Waals surface area contributed by atoms with Crippen molar-refractivity contribution in [2.24, 2.45) is 0 Å². The number of carboxylic acids is 1. The molecule has 0 aromatic heterocycles. The van der Waals surface area contributed by atoms with Gasteiger partial charge in [-0.05, 0) is 18.2 Å². The van der Waals surface area contributed by atoms with Crippen LogP contribution in [0.2, 0.25) is 10.0 Å². The summed E-state index contributed by atoms with van der Waals surface area (Å²) in [6, 6.07) is 3.74. The van der Waals surface area contributed by atoms with E-state index in [0.717, 1.165) is 11.8 Å². The zero-order valence-corrected chi connectivity index (χ0v) is 13.5. The normalized spacial score (nSPS) is 21.1. The number of hydrogen-bond donors (Lipinski definition) is 3. The third kappa shape index (κ3) is 4.28. The standard InChI is InChI=1S/C13H12Cl2N2O4S/c14-6-1-2-7(15)8(3-6)16-11(18)4-10-12(19)17-9(5-22-10)13(20)21/h1-3,9-10H,4-5H2,(H,16,18)(H,17,19)(H,20,21)/t9-,10+/m1/s1. The Morgan fingerprint density at radius 1 is 1.41 bits per heavy atom. The Morgan fingerprint density at radius 3 is 2.77 bits per heavy atom. The van der Waals surface area contributed by atoms with Gasteiger partial charge in [-0.1, -0.05) is 23.2 Å². The molecule has 1 aliphatic heterocycles. The van der Waals surface area contributed by atoms with Crippen molar-refractivity contribution in [2.75, 3.05) is 11.1 Å². The van der Waals surface area contributed by atoms with Crippen LogP contribution in [0, 0.1) is 0 Å². The van der Waals surface area contributed by atoms with Crippen molar-refractivity contribution in [3.05, 3.63) is 28.2 Å². The van der Waals surface area contributed by atoms with Crippen molar-refractivity contribution >= 4 is 58.4 Å². The third-order valence-corrected chi connectivity index (χ3v) is 4.82. The molecule has 9 heteroatoms. The number of hydrogen-bond acceptors (Lipinski definition) is 4. The molecule has 1 aromatic carbocycles. The van der Waals surface area contributed by atoms with Gasteiger partial charge in [0.25, 0.3) is 0 Å². The van der Waals surface area contributed by atoms with Crippen LogP contribution < -0.4 is 10.6 Å². The number of anilines is 1. The summed E-state index contributed by atoms with van der Waals surface area (Å²) in [6.07, 6.45) is -0.0777. The molecule has 3 N–H and O–H groups in total. The molecule has 1 saturated heterocycles. The lowest BCUT2D eigenvalue weighted by molar-refractivity contribution is -0.141. The van der Waals surface area contributed by atoms with E-state index in [9.17, 15) is 14.4 Å². The van der Waals surface area contributed by atoms with Crippen LogP contribution in [0.4, 0.5) is 5.69 Å². The second-order valence-electron chi connectivity index (χ2n) is 4.60.